The number of rotatable bonds is 5. The summed E-state index contributed by atoms with van der Waals surface area (Å²) in [6, 6.07) is 7.39. The SMILES string of the molecule is Cc1cc(C)c(NC(=O)COC(=O)C=Cc2ccco2)c(C)c1. The Morgan fingerprint density at radius 3 is 2.52 bits per heavy atom. The molecule has 23 heavy (non-hydrogen) atoms. The van der Waals surface area contributed by atoms with Gasteiger partial charge in [0.25, 0.3) is 5.91 Å². The summed E-state index contributed by atoms with van der Waals surface area (Å²) in [7, 11) is 0. The van der Waals surface area contributed by atoms with Crippen LogP contribution in [0.25, 0.3) is 6.08 Å². The zero-order chi connectivity index (χ0) is 16.8. The normalized spacial score (nSPS) is 10.7. The fourth-order valence-corrected chi connectivity index (χ4v) is 2.27. The maximum atomic E-state index is 11.9. The van der Waals surface area contributed by atoms with Gasteiger partial charge >= 0.3 is 5.97 Å². The van der Waals surface area contributed by atoms with Crippen molar-refractivity contribution < 1.29 is 18.7 Å². The molecule has 0 atom stereocenters. The van der Waals surface area contributed by atoms with Crippen molar-refractivity contribution in [3.8, 4) is 0 Å². The van der Waals surface area contributed by atoms with Crippen LogP contribution in [-0.4, -0.2) is 18.5 Å². The molecule has 0 unspecified atom stereocenters. The molecule has 1 amide bonds. The minimum Gasteiger partial charge on any atom is -0.465 e. The topological polar surface area (TPSA) is 68.5 Å². The Morgan fingerprint density at radius 2 is 1.91 bits per heavy atom. The first-order valence-corrected chi connectivity index (χ1v) is 7.22. The lowest BCUT2D eigenvalue weighted by molar-refractivity contribution is -0.142. The Balaban J connectivity index is 1.87. The molecule has 1 heterocycles. The molecule has 1 N–H and O–H groups in total. The van der Waals surface area contributed by atoms with E-state index < -0.39 is 5.97 Å². The minimum absolute atomic E-state index is 0.339. The highest BCUT2D eigenvalue weighted by Gasteiger charge is 2.10. The fourth-order valence-electron chi connectivity index (χ4n) is 2.27. The third kappa shape index (κ3) is 4.85. The minimum atomic E-state index is -0.603. The Labute approximate surface area is 134 Å². The molecule has 0 aliphatic rings. The molecule has 0 saturated heterocycles. The number of hydrogen-bond donors (Lipinski definition) is 1. The number of anilines is 1. The van der Waals surface area contributed by atoms with Gasteiger partial charge in [0.15, 0.2) is 6.61 Å². The van der Waals surface area contributed by atoms with Gasteiger partial charge in [0.05, 0.1) is 6.26 Å². The van der Waals surface area contributed by atoms with Crippen molar-refractivity contribution in [2.45, 2.75) is 20.8 Å². The number of carbonyl (C=O) groups excluding carboxylic acids is 2. The van der Waals surface area contributed by atoms with Crippen molar-refractivity contribution in [3.63, 3.8) is 0 Å². The van der Waals surface area contributed by atoms with Gasteiger partial charge in [-0.3, -0.25) is 4.79 Å². The van der Waals surface area contributed by atoms with Gasteiger partial charge in [0, 0.05) is 11.8 Å². The first kappa shape index (κ1) is 16.5. The van der Waals surface area contributed by atoms with E-state index >= 15 is 0 Å². The molecule has 0 bridgehead atoms. The van der Waals surface area contributed by atoms with Crippen molar-refractivity contribution in [2.24, 2.45) is 0 Å². The van der Waals surface area contributed by atoms with Crippen LogP contribution in [0, 0.1) is 20.8 Å². The molecule has 2 rings (SSSR count). The van der Waals surface area contributed by atoms with E-state index in [0.717, 1.165) is 22.4 Å². The predicted octanol–water partition coefficient (Wildman–Crippen LogP) is 3.40. The Morgan fingerprint density at radius 1 is 1.22 bits per heavy atom. The van der Waals surface area contributed by atoms with Crippen molar-refractivity contribution in [1.29, 1.82) is 0 Å². The summed E-state index contributed by atoms with van der Waals surface area (Å²) < 4.78 is 9.95. The van der Waals surface area contributed by atoms with Crippen LogP contribution in [0.4, 0.5) is 5.69 Å². The number of amides is 1. The van der Waals surface area contributed by atoms with Crippen molar-refractivity contribution in [3.05, 3.63) is 59.1 Å². The highest BCUT2D eigenvalue weighted by Crippen LogP contribution is 2.21. The van der Waals surface area contributed by atoms with Crippen LogP contribution in [0.5, 0.6) is 0 Å². The van der Waals surface area contributed by atoms with E-state index in [1.165, 1.54) is 18.4 Å². The monoisotopic (exact) mass is 313 g/mol. The highest BCUT2D eigenvalue weighted by molar-refractivity contribution is 5.95. The second kappa shape index (κ2) is 7.45. The van der Waals surface area contributed by atoms with E-state index in [2.05, 4.69) is 5.32 Å². The molecule has 0 aliphatic heterocycles. The molecule has 0 saturated carbocycles. The summed E-state index contributed by atoms with van der Waals surface area (Å²) in [5.41, 5.74) is 3.83. The molecular weight excluding hydrogens is 294 g/mol. The average molecular weight is 313 g/mol. The van der Waals surface area contributed by atoms with Gasteiger partial charge in [-0.15, -0.1) is 0 Å². The van der Waals surface area contributed by atoms with E-state index in [1.54, 1.807) is 12.1 Å². The molecule has 1 aromatic carbocycles. The number of ether oxygens (including phenoxy) is 1. The van der Waals surface area contributed by atoms with Crippen LogP contribution < -0.4 is 5.32 Å². The van der Waals surface area contributed by atoms with E-state index in [-0.39, 0.29) is 12.5 Å². The van der Waals surface area contributed by atoms with Crippen molar-refractivity contribution in [2.75, 3.05) is 11.9 Å². The molecule has 2 aromatic rings. The quantitative estimate of drug-likeness (QED) is 0.678. The van der Waals surface area contributed by atoms with Crippen LogP contribution in [0.15, 0.2) is 41.0 Å². The van der Waals surface area contributed by atoms with E-state index in [1.807, 2.05) is 32.9 Å². The summed E-state index contributed by atoms with van der Waals surface area (Å²) in [5, 5.41) is 2.77. The molecule has 120 valence electrons. The number of nitrogens with one attached hydrogen (secondary N) is 1. The van der Waals surface area contributed by atoms with Gasteiger partial charge in [-0.2, -0.15) is 0 Å². The Hall–Kier alpha value is -2.82. The summed E-state index contributed by atoms with van der Waals surface area (Å²) in [4.78, 5) is 23.5. The standard InChI is InChI=1S/C18H19NO4/c1-12-9-13(2)18(14(3)10-12)19-16(20)11-23-17(21)7-6-15-5-4-8-22-15/h4-10H,11H2,1-3H3,(H,19,20). The lowest BCUT2D eigenvalue weighted by atomic mass is 10.1. The summed E-state index contributed by atoms with van der Waals surface area (Å²) >= 11 is 0. The largest absolute Gasteiger partial charge is 0.465 e. The number of esters is 1. The van der Waals surface area contributed by atoms with E-state index in [9.17, 15) is 9.59 Å². The van der Waals surface area contributed by atoms with Crippen molar-refractivity contribution >= 4 is 23.6 Å². The zero-order valence-corrected chi connectivity index (χ0v) is 13.4. The van der Waals surface area contributed by atoms with Gasteiger partial charge in [-0.05, 0) is 50.1 Å². The van der Waals surface area contributed by atoms with Crippen LogP contribution in [-0.2, 0) is 14.3 Å². The zero-order valence-electron chi connectivity index (χ0n) is 13.4. The Kier molecular flexibility index (Phi) is 5.36. The predicted molar refractivity (Wildman–Crippen MR) is 88.0 cm³/mol. The summed E-state index contributed by atoms with van der Waals surface area (Å²) in [6.07, 6.45) is 4.20. The molecule has 5 nitrogen and oxygen atoms in total. The average Bonchev–Trinajstić information content (AvgIpc) is 3.00. The van der Waals surface area contributed by atoms with Crippen LogP contribution in [0.1, 0.15) is 22.5 Å². The Bertz CT molecular complexity index is 706. The lowest BCUT2D eigenvalue weighted by Crippen LogP contribution is -2.21. The van der Waals surface area contributed by atoms with Crippen LogP contribution in [0.3, 0.4) is 0 Å². The number of carbonyl (C=O) groups is 2. The maximum Gasteiger partial charge on any atom is 0.331 e. The molecule has 0 radical (unpaired) electrons. The molecule has 0 spiro atoms. The number of benzene rings is 1. The molecule has 5 heteroatoms. The van der Waals surface area contributed by atoms with Gasteiger partial charge in [0.1, 0.15) is 5.76 Å². The van der Waals surface area contributed by atoms with E-state index in [4.69, 9.17) is 9.15 Å². The molecular formula is C18H19NO4. The fraction of sp³-hybridized carbons (Fsp3) is 0.222. The third-order valence-electron chi connectivity index (χ3n) is 3.21. The van der Waals surface area contributed by atoms with Gasteiger partial charge < -0.3 is 14.5 Å². The number of furan rings is 1. The first-order valence-electron chi connectivity index (χ1n) is 7.22. The summed E-state index contributed by atoms with van der Waals surface area (Å²) in [6.45, 7) is 5.51. The van der Waals surface area contributed by atoms with Crippen LogP contribution in [0.2, 0.25) is 0 Å². The molecule has 0 fully saturated rings. The number of aryl methyl sites for hydroxylation is 3. The maximum absolute atomic E-state index is 11.9. The van der Waals surface area contributed by atoms with Crippen LogP contribution >= 0.6 is 0 Å². The first-order chi connectivity index (χ1) is 11.0. The van der Waals surface area contributed by atoms with Crippen molar-refractivity contribution in [1.82, 2.24) is 0 Å². The third-order valence-corrected chi connectivity index (χ3v) is 3.21. The second-order valence-corrected chi connectivity index (χ2v) is 5.28. The molecule has 1 aromatic heterocycles. The second-order valence-electron chi connectivity index (χ2n) is 5.28. The highest BCUT2D eigenvalue weighted by atomic mass is 16.5. The summed E-state index contributed by atoms with van der Waals surface area (Å²) in [5.74, 6) is -0.439. The molecule has 0 aliphatic carbocycles. The lowest BCUT2D eigenvalue weighted by Gasteiger charge is -2.12. The van der Waals surface area contributed by atoms with Gasteiger partial charge in [-0.1, -0.05) is 17.7 Å². The van der Waals surface area contributed by atoms with E-state index in [0.29, 0.717) is 5.76 Å². The van der Waals surface area contributed by atoms with Gasteiger partial charge in [0.2, 0.25) is 0 Å². The van der Waals surface area contributed by atoms with Gasteiger partial charge in [-0.25, -0.2) is 4.79 Å². The number of hydrogen-bond acceptors (Lipinski definition) is 4. The smallest absolute Gasteiger partial charge is 0.331 e.